The van der Waals surface area contributed by atoms with Gasteiger partial charge in [0.1, 0.15) is 0 Å². The number of fused-ring (bicyclic) bond motifs is 2. The van der Waals surface area contributed by atoms with Crippen molar-refractivity contribution in [2.45, 2.75) is 32.1 Å². The third-order valence-electron chi connectivity index (χ3n) is 6.49. The van der Waals surface area contributed by atoms with E-state index in [1.807, 2.05) is 0 Å². The summed E-state index contributed by atoms with van der Waals surface area (Å²) in [6.45, 7) is 4.36. The second-order valence-electron chi connectivity index (χ2n) is 8.03. The van der Waals surface area contributed by atoms with E-state index in [4.69, 9.17) is 0 Å². The van der Waals surface area contributed by atoms with Crippen LogP contribution in [0.25, 0.3) is 11.6 Å². The Labute approximate surface area is 173 Å². The van der Waals surface area contributed by atoms with Gasteiger partial charge in [-0.3, -0.25) is 0 Å². The molecule has 5 rings (SSSR count). The van der Waals surface area contributed by atoms with Crippen LogP contribution in [0.5, 0.6) is 0 Å². The molecule has 1 unspecified atom stereocenters. The largest absolute Gasteiger partial charge is 0.0871 e. The summed E-state index contributed by atoms with van der Waals surface area (Å²) in [7, 11) is 0. The van der Waals surface area contributed by atoms with Gasteiger partial charge in [0.25, 0.3) is 0 Å². The van der Waals surface area contributed by atoms with Gasteiger partial charge in [-0.1, -0.05) is 97.1 Å². The van der Waals surface area contributed by atoms with Crippen LogP contribution in [-0.4, -0.2) is 0 Å². The average molecular weight is 375 g/mol. The number of hydrogen-bond acceptors (Lipinski definition) is 0. The first-order valence-corrected chi connectivity index (χ1v) is 10.6. The van der Waals surface area contributed by atoms with Gasteiger partial charge >= 0.3 is 0 Å². The molecule has 0 saturated heterocycles. The number of hydrogen-bond donors (Lipinski definition) is 0. The molecule has 0 nitrogen and oxygen atoms in total. The van der Waals surface area contributed by atoms with Crippen LogP contribution in [-0.2, 0) is 5.41 Å². The lowest BCUT2D eigenvalue weighted by molar-refractivity contribution is 0.695. The molecule has 1 atom stereocenters. The smallest absolute Gasteiger partial charge is 0.0682 e. The van der Waals surface area contributed by atoms with Crippen molar-refractivity contribution in [3.63, 3.8) is 0 Å². The van der Waals surface area contributed by atoms with E-state index in [1.54, 1.807) is 5.57 Å². The van der Waals surface area contributed by atoms with Crippen molar-refractivity contribution in [3.8, 4) is 0 Å². The van der Waals surface area contributed by atoms with Crippen LogP contribution in [0, 0.1) is 6.92 Å². The SMILES string of the molecule is C/C=C\c1ccccc1C1(c2ccccc2)C2=C(C=CCC2)c2c(C)cccc21. The molecule has 0 amide bonds. The van der Waals surface area contributed by atoms with Crippen molar-refractivity contribution in [1.82, 2.24) is 0 Å². The maximum Gasteiger partial charge on any atom is 0.0682 e. The molecule has 2 aliphatic rings. The highest BCUT2D eigenvalue weighted by Crippen LogP contribution is 2.58. The van der Waals surface area contributed by atoms with Crippen molar-refractivity contribution in [2.24, 2.45) is 0 Å². The van der Waals surface area contributed by atoms with Crippen LogP contribution in [0.2, 0.25) is 0 Å². The molecular formula is C29H26. The minimum absolute atomic E-state index is 0.237. The van der Waals surface area contributed by atoms with Gasteiger partial charge in [0.2, 0.25) is 0 Å². The Morgan fingerprint density at radius 1 is 0.828 bits per heavy atom. The molecule has 29 heavy (non-hydrogen) atoms. The Hall–Kier alpha value is -3.12. The third-order valence-corrected chi connectivity index (χ3v) is 6.49. The van der Waals surface area contributed by atoms with E-state index >= 15 is 0 Å². The van der Waals surface area contributed by atoms with Gasteiger partial charge in [-0.2, -0.15) is 0 Å². The Morgan fingerprint density at radius 2 is 1.59 bits per heavy atom. The number of aryl methyl sites for hydroxylation is 1. The van der Waals surface area contributed by atoms with Crippen molar-refractivity contribution < 1.29 is 0 Å². The Morgan fingerprint density at radius 3 is 2.41 bits per heavy atom. The summed E-state index contributed by atoms with van der Waals surface area (Å²) in [5.41, 5.74) is 11.0. The molecule has 0 radical (unpaired) electrons. The molecule has 3 aromatic carbocycles. The van der Waals surface area contributed by atoms with E-state index in [-0.39, 0.29) is 5.41 Å². The fourth-order valence-electron chi connectivity index (χ4n) is 5.43. The normalized spacial score (nSPS) is 20.2. The van der Waals surface area contributed by atoms with Crippen molar-refractivity contribution in [1.29, 1.82) is 0 Å². The summed E-state index contributed by atoms with van der Waals surface area (Å²) in [6.07, 6.45) is 11.3. The van der Waals surface area contributed by atoms with E-state index in [9.17, 15) is 0 Å². The van der Waals surface area contributed by atoms with Gasteiger partial charge in [-0.15, -0.1) is 0 Å². The predicted molar refractivity (Wildman–Crippen MR) is 124 cm³/mol. The Kier molecular flexibility index (Phi) is 4.36. The maximum atomic E-state index is 2.37. The second-order valence-corrected chi connectivity index (χ2v) is 8.03. The summed E-state index contributed by atoms with van der Waals surface area (Å²) in [6, 6.07) is 26.9. The first-order chi connectivity index (χ1) is 14.3. The first kappa shape index (κ1) is 17.9. The summed E-state index contributed by atoms with van der Waals surface area (Å²) in [5.74, 6) is 0. The van der Waals surface area contributed by atoms with Crippen molar-refractivity contribution >= 4 is 11.6 Å². The van der Waals surface area contributed by atoms with Gasteiger partial charge in [0.15, 0.2) is 0 Å². The molecule has 0 heteroatoms. The summed E-state index contributed by atoms with van der Waals surface area (Å²) >= 11 is 0. The molecule has 0 aliphatic heterocycles. The highest BCUT2D eigenvalue weighted by molar-refractivity contribution is 5.92. The minimum Gasteiger partial charge on any atom is -0.0871 e. The van der Waals surface area contributed by atoms with Crippen LogP contribution in [0.3, 0.4) is 0 Å². The zero-order valence-corrected chi connectivity index (χ0v) is 17.2. The monoisotopic (exact) mass is 374 g/mol. The topological polar surface area (TPSA) is 0 Å². The third kappa shape index (κ3) is 2.52. The van der Waals surface area contributed by atoms with E-state index in [0.717, 1.165) is 12.8 Å². The molecule has 0 spiro atoms. The van der Waals surface area contributed by atoms with E-state index < -0.39 is 0 Å². The van der Waals surface area contributed by atoms with E-state index in [2.05, 4.69) is 111 Å². The number of allylic oxidation sites excluding steroid dienone is 5. The summed E-state index contributed by atoms with van der Waals surface area (Å²) < 4.78 is 0. The zero-order valence-electron chi connectivity index (χ0n) is 17.2. The first-order valence-electron chi connectivity index (χ1n) is 10.6. The standard InChI is InChI=1S/C29H26/c1-3-12-22-14-7-9-18-25(22)29(23-15-5-4-6-16-23)26-19-10-8-17-24(26)28-21(2)13-11-20-27(28)29/h3-9,11-18,20H,10,19H2,1-2H3/b12-3-. The molecule has 2 aliphatic carbocycles. The second kappa shape index (κ2) is 7.04. The van der Waals surface area contributed by atoms with Gasteiger partial charge in [-0.05, 0) is 71.2 Å². The number of benzene rings is 3. The lowest BCUT2D eigenvalue weighted by Crippen LogP contribution is -2.31. The van der Waals surface area contributed by atoms with E-state index in [0.29, 0.717) is 0 Å². The molecule has 142 valence electrons. The Bertz CT molecular complexity index is 1160. The lowest BCUT2D eigenvalue weighted by atomic mass is 9.64. The molecule has 0 aromatic heterocycles. The van der Waals surface area contributed by atoms with Crippen LogP contribution >= 0.6 is 0 Å². The molecule has 0 N–H and O–H groups in total. The molecule has 0 fully saturated rings. The zero-order chi connectivity index (χ0) is 19.8. The highest BCUT2D eigenvalue weighted by Gasteiger charge is 2.48. The maximum absolute atomic E-state index is 2.37. The lowest BCUT2D eigenvalue weighted by Gasteiger charge is -2.37. The van der Waals surface area contributed by atoms with Gasteiger partial charge in [0.05, 0.1) is 5.41 Å². The molecule has 0 heterocycles. The van der Waals surface area contributed by atoms with Crippen molar-refractivity contribution in [2.75, 3.05) is 0 Å². The quantitative estimate of drug-likeness (QED) is 0.446. The molecule has 0 bridgehead atoms. The number of rotatable bonds is 3. The Balaban J connectivity index is 1.98. The van der Waals surface area contributed by atoms with Gasteiger partial charge in [-0.25, -0.2) is 0 Å². The summed E-state index contributed by atoms with van der Waals surface area (Å²) in [4.78, 5) is 0. The van der Waals surface area contributed by atoms with Crippen LogP contribution < -0.4 is 0 Å². The van der Waals surface area contributed by atoms with E-state index in [1.165, 1.54) is 39.0 Å². The minimum atomic E-state index is -0.237. The fourth-order valence-corrected chi connectivity index (χ4v) is 5.43. The van der Waals surface area contributed by atoms with Crippen molar-refractivity contribution in [3.05, 3.63) is 130 Å². The van der Waals surface area contributed by atoms with Crippen LogP contribution in [0.1, 0.15) is 53.1 Å². The van der Waals surface area contributed by atoms with Gasteiger partial charge < -0.3 is 0 Å². The van der Waals surface area contributed by atoms with Crippen LogP contribution in [0.4, 0.5) is 0 Å². The molecular weight excluding hydrogens is 348 g/mol. The molecule has 0 saturated carbocycles. The summed E-state index contributed by atoms with van der Waals surface area (Å²) in [5, 5.41) is 0. The highest BCUT2D eigenvalue weighted by atomic mass is 14.5. The van der Waals surface area contributed by atoms with Gasteiger partial charge in [0, 0.05) is 0 Å². The predicted octanol–water partition coefficient (Wildman–Crippen LogP) is 7.48. The van der Waals surface area contributed by atoms with Crippen LogP contribution in [0.15, 0.2) is 96.6 Å². The average Bonchev–Trinajstić information content (AvgIpc) is 3.07. The fraction of sp³-hybridized carbons (Fsp3) is 0.172. The molecule has 3 aromatic rings.